The first kappa shape index (κ1) is 34.9. The first-order valence-electron chi connectivity index (χ1n) is 14.3. The average molecular weight is 581 g/mol. The largest absolute Gasteiger partial charge is 0.491 e. The van der Waals surface area contributed by atoms with Crippen LogP contribution in [0, 0.1) is 0 Å². The summed E-state index contributed by atoms with van der Waals surface area (Å²) in [6.07, 6.45) is -0.135. The van der Waals surface area contributed by atoms with Crippen molar-refractivity contribution < 1.29 is 48.1 Å². The molecule has 0 saturated heterocycles. The Bertz CT molecular complexity index is 882. The molecule has 2 unspecified atom stereocenters. The SMILES string of the molecule is CC(COc1cc(OCCOCCOCCO)ccc1C(C)c1ccccc1)OCCOCCOCCOCCO. The Hall–Kier alpha value is -2.28. The Morgan fingerprint density at radius 2 is 1.12 bits per heavy atom. The molecular formula is C31H48O10. The highest BCUT2D eigenvalue weighted by Gasteiger charge is 2.16. The van der Waals surface area contributed by atoms with Gasteiger partial charge in [-0.3, -0.25) is 0 Å². The Morgan fingerprint density at radius 1 is 0.585 bits per heavy atom. The van der Waals surface area contributed by atoms with Crippen molar-refractivity contribution in [3.63, 3.8) is 0 Å². The number of rotatable bonds is 26. The van der Waals surface area contributed by atoms with E-state index in [1.807, 2.05) is 43.3 Å². The molecule has 0 spiro atoms. The molecule has 0 bridgehead atoms. The van der Waals surface area contributed by atoms with E-state index in [0.717, 1.165) is 11.3 Å². The molecule has 2 aromatic carbocycles. The first-order chi connectivity index (χ1) is 20.2. The Morgan fingerprint density at radius 3 is 1.71 bits per heavy atom. The zero-order valence-corrected chi connectivity index (χ0v) is 24.5. The Labute approximate surface area is 244 Å². The van der Waals surface area contributed by atoms with E-state index in [0.29, 0.717) is 91.6 Å². The van der Waals surface area contributed by atoms with Gasteiger partial charge in [0.05, 0.1) is 92.0 Å². The van der Waals surface area contributed by atoms with Crippen LogP contribution < -0.4 is 9.47 Å². The second-order valence-electron chi connectivity index (χ2n) is 9.18. The van der Waals surface area contributed by atoms with Crippen molar-refractivity contribution in [1.82, 2.24) is 0 Å². The minimum absolute atomic E-state index is 0.00649. The fourth-order valence-electron chi connectivity index (χ4n) is 3.78. The molecule has 10 nitrogen and oxygen atoms in total. The zero-order valence-electron chi connectivity index (χ0n) is 24.5. The topological polar surface area (TPSA) is 114 Å². The molecular weight excluding hydrogens is 532 g/mol. The molecule has 0 radical (unpaired) electrons. The number of hydrogen-bond acceptors (Lipinski definition) is 10. The van der Waals surface area contributed by atoms with Crippen LogP contribution in [0.2, 0.25) is 0 Å². The van der Waals surface area contributed by atoms with E-state index >= 15 is 0 Å². The van der Waals surface area contributed by atoms with Crippen molar-refractivity contribution in [2.24, 2.45) is 0 Å². The summed E-state index contributed by atoms with van der Waals surface area (Å²) < 4.78 is 44.8. The van der Waals surface area contributed by atoms with Crippen LogP contribution in [0.4, 0.5) is 0 Å². The fraction of sp³-hybridized carbons (Fsp3) is 0.613. The summed E-state index contributed by atoms with van der Waals surface area (Å²) in [5, 5.41) is 17.4. The van der Waals surface area contributed by atoms with Gasteiger partial charge in [0.25, 0.3) is 0 Å². The van der Waals surface area contributed by atoms with Crippen LogP contribution in [0.25, 0.3) is 0 Å². The molecule has 2 rings (SSSR count). The molecule has 0 aliphatic rings. The third kappa shape index (κ3) is 16.1. The van der Waals surface area contributed by atoms with Gasteiger partial charge >= 0.3 is 0 Å². The maximum atomic E-state index is 8.73. The van der Waals surface area contributed by atoms with Gasteiger partial charge in [-0.1, -0.05) is 43.3 Å². The van der Waals surface area contributed by atoms with Crippen LogP contribution in [-0.2, 0) is 28.4 Å². The zero-order chi connectivity index (χ0) is 29.4. The van der Waals surface area contributed by atoms with Crippen molar-refractivity contribution >= 4 is 0 Å². The van der Waals surface area contributed by atoms with Crippen LogP contribution in [0.3, 0.4) is 0 Å². The summed E-state index contributed by atoms with van der Waals surface area (Å²) in [5.41, 5.74) is 2.27. The van der Waals surface area contributed by atoms with E-state index in [1.165, 1.54) is 5.56 Å². The van der Waals surface area contributed by atoms with Gasteiger partial charge in [0.15, 0.2) is 0 Å². The van der Waals surface area contributed by atoms with E-state index in [-0.39, 0.29) is 25.2 Å². The van der Waals surface area contributed by atoms with Crippen LogP contribution in [0.1, 0.15) is 30.9 Å². The van der Waals surface area contributed by atoms with E-state index in [1.54, 1.807) is 0 Å². The van der Waals surface area contributed by atoms with Gasteiger partial charge in [0, 0.05) is 17.5 Å². The molecule has 0 saturated carbocycles. The summed E-state index contributed by atoms with van der Waals surface area (Å²) in [6, 6.07) is 16.2. The predicted octanol–water partition coefficient (Wildman–Crippen LogP) is 3.07. The third-order valence-corrected chi connectivity index (χ3v) is 5.94. The van der Waals surface area contributed by atoms with E-state index in [2.05, 4.69) is 19.1 Å². The molecule has 232 valence electrons. The van der Waals surface area contributed by atoms with Gasteiger partial charge in [-0.15, -0.1) is 0 Å². The highest BCUT2D eigenvalue weighted by Crippen LogP contribution is 2.34. The second-order valence-corrected chi connectivity index (χ2v) is 9.18. The van der Waals surface area contributed by atoms with Crippen LogP contribution in [0.15, 0.2) is 48.5 Å². The fourth-order valence-corrected chi connectivity index (χ4v) is 3.78. The number of aliphatic hydroxyl groups is 2. The third-order valence-electron chi connectivity index (χ3n) is 5.94. The Balaban J connectivity index is 1.78. The van der Waals surface area contributed by atoms with Crippen molar-refractivity contribution in [2.75, 3.05) is 99.1 Å². The van der Waals surface area contributed by atoms with Gasteiger partial charge in [0.2, 0.25) is 0 Å². The van der Waals surface area contributed by atoms with Crippen molar-refractivity contribution in [2.45, 2.75) is 25.9 Å². The molecule has 10 heteroatoms. The van der Waals surface area contributed by atoms with Crippen LogP contribution in [0.5, 0.6) is 11.5 Å². The maximum Gasteiger partial charge on any atom is 0.126 e. The summed E-state index contributed by atoms with van der Waals surface area (Å²) in [6.45, 7) is 9.68. The quantitative estimate of drug-likeness (QED) is 0.161. The maximum absolute atomic E-state index is 8.73. The lowest BCUT2D eigenvalue weighted by Crippen LogP contribution is -2.21. The highest BCUT2D eigenvalue weighted by atomic mass is 16.6. The molecule has 0 fully saturated rings. The average Bonchev–Trinajstić information content (AvgIpc) is 3.00. The minimum Gasteiger partial charge on any atom is -0.491 e. The van der Waals surface area contributed by atoms with Gasteiger partial charge in [-0.25, -0.2) is 0 Å². The first-order valence-corrected chi connectivity index (χ1v) is 14.3. The molecule has 2 aromatic rings. The smallest absolute Gasteiger partial charge is 0.126 e. The Kier molecular flexibility index (Phi) is 19.8. The van der Waals surface area contributed by atoms with Gasteiger partial charge in [0.1, 0.15) is 24.7 Å². The lowest BCUT2D eigenvalue weighted by molar-refractivity contribution is -0.0252. The number of benzene rings is 2. The van der Waals surface area contributed by atoms with Crippen LogP contribution >= 0.6 is 0 Å². The summed E-state index contributed by atoms with van der Waals surface area (Å²) in [4.78, 5) is 0. The monoisotopic (exact) mass is 580 g/mol. The van der Waals surface area contributed by atoms with Gasteiger partial charge in [-0.05, 0) is 18.6 Å². The molecule has 2 N–H and O–H groups in total. The molecule has 0 heterocycles. The lowest BCUT2D eigenvalue weighted by atomic mass is 9.92. The molecule has 0 aliphatic heterocycles. The van der Waals surface area contributed by atoms with E-state index < -0.39 is 0 Å². The molecule has 2 atom stereocenters. The molecule has 41 heavy (non-hydrogen) atoms. The minimum atomic E-state index is -0.135. The normalized spacial score (nSPS) is 12.8. The standard InChI is InChI=1S/C31H48O10/c1-26(39-22-20-37-19-18-36-16-14-34-12-10-32)25-41-31-24-29(40-23-21-38-17-15-35-13-11-33)8-9-30(31)27(2)28-6-4-3-5-7-28/h3-9,24,26-27,32-33H,10-23,25H2,1-2H3. The van der Waals surface area contributed by atoms with Crippen molar-refractivity contribution in [1.29, 1.82) is 0 Å². The van der Waals surface area contributed by atoms with Gasteiger partial charge in [-0.2, -0.15) is 0 Å². The summed E-state index contributed by atoms with van der Waals surface area (Å²) in [7, 11) is 0. The van der Waals surface area contributed by atoms with Crippen molar-refractivity contribution in [3.8, 4) is 11.5 Å². The number of hydrogen-bond donors (Lipinski definition) is 2. The highest BCUT2D eigenvalue weighted by molar-refractivity contribution is 5.46. The molecule has 0 amide bonds. The van der Waals surface area contributed by atoms with Crippen molar-refractivity contribution in [3.05, 3.63) is 59.7 Å². The summed E-state index contributed by atoms with van der Waals surface area (Å²) >= 11 is 0. The number of ether oxygens (including phenoxy) is 8. The van der Waals surface area contributed by atoms with Crippen LogP contribution in [-0.4, -0.2) is 115 Å². The summed E-state index contributed by atoms with van der Waals surface area (Å²) in [5.74, 6) is 1.59. The number of aliphatic hydroxyl groups excluding tert-OH is 2. The van der Waals surface area contributed by atoms with E-state index in [4.69, 9.17) is 48.1 Å². The molecule has 0 aromatic heterocycles. The lowest BCUT2D eigenvalue weighted by Gasteiger charge is -2.21. The predicted molar refractivity (Wildman–Crippen MR) is 155 cm³/mol. The molecule has 0 aliphatic carbocycles. The van der Waals surface area contributed by atoms with Gasteiger partial charge < -0.3 is 48.1 Å². The van der Waals surface area contributed by atoms with E-state index in [9.17, 15) is 0 Å². The second kappa shape index (κ2) is 23.3.